The van der Waals surface area contributed by atoms with Crippen molar-refractivity contribution >= 4 is 27.9 Å². The Balaban J connectivity index is 2.85. The van der Waals surface area contributed by atoms with E-state index in [0.29, 0.717) is 6.07 Å². The van der Waals surface area contributed by atoms with Crippen molar-refractivity contribution in [3.63, 3.8) is 0 Å². The largest absolute Gasteiger partial charge is 0.478 e. The van der Waals surface area contributed by atoms with Crippen molar-refractivity contribution in [1.29, 1.82) is 0 Å². The molecule has 3 N–H and O–H groups in total. The molecule has 0 fully saturated rings. The van der Waals surface area contributed by atoms with Gasteiger partial charge in [0.1, 0.15) is 4.90 Å². The zero-order valence-corrected chi connectivity index (χ0v) is 9.32. The molecule has 1 aromatic carbocycles. The van der Waals surface area contributed by atoms with Crippen molar-refractivity contribution in [1.82, 2.24) is 5.32 Å². The Morgan fingerprint density at radius 2 is 1.61 bits per heavy atom. The summed E-state index contributed by atoms with van der Waals surface area (Å²) in [5.41, 5.74) is -1.32. The molecule has 94 valence electrons. The summed E-state index contributed by atoms with van der Waals surface area (Å²) >= 11 is 0. The summed E-state index contributed by atoms with van der Waals surface area (Å²) in [6, 6.07) is 1.40. The number of hydrogen-bond acceptors (Lipinski definition) is 5. The number of amides is 2. The summed E-state index contributed by atoms with van der Waals surface area (Å²) in [6.07, 6.45) is 0. The van der Waals surface area contributed by atoms with Gasteiger partial charge in [-0.25, -0.2) is 4.79 Å². The van der Waals surface area contributed by atoms with Crippen LogP contribution in [0.3, 0.4) is 0 Å². The number of rotatable bonds is 2. The Morgan fingerprint density at radius 3 is 2.06 bits per heavy atom. The predicted octanol–water partition coefficient (Wildman–Crippen LogP) is -0.485. The predicted molar refractivity (Wildman–Crippen MR) is 55.0 cm³/mol. The SMILES string of the molecule is O=C1NC(=O)c2cc(S(=O)(=O)O)c(C(=O)O)cc21. The lowest BCUT2D eigenvalue weighted by Gasteiger charge is -2.04. The first-order valence-corrected chi connectivity index (χ1v) is 5.90. The quantitative estimate of drug-likeness (QED) is 0.487. The van der Waals surface area contributed by atoms with Crippen LogP contribution in [0.5, 0.6) is 0 Å². The fourth-order valence-corrected chi connectivity index (χ4v) is 2.26. The van der Waals surface area contributed by atoms with Crippen LogP contribution < -0.4 is 5.32 Å². The van der Waals surface area contributed by atoms with Gasteiger partial charge in [-0.3, -0.25) is 19.5 Å². The molecule has 2 amide bonds. The van der Waals surface area contributed by atoms with Crippen LogP contribution in [0.2, 0.25) is 0 Å². The fraction of sp³-hybridized carbons (Fsp3) is 0. The topological polar surface area (TPSA) is 138 Å². The summed E-state index contributed by atoms with van der Waals surface area (Å²) < 4.78 is 30.9. The summed E-state index contributed by atoms with van der Waals surface area (Å²) in [7, 11) is -4.81. The van der Waals surface area contributed by atoms with Crippen LogP contribution in [0.15, 0.2) is 17.0 Å². The number of fused-ring (bicyclic) bond motifs is 1. The number of benzene rings is 1. The van der Waals surface area contributed by atoms with Gasteiger partial charge in [0, 0.05) is 0 Å². The van der Waals surface area contributed by atoms with Gasteiger partial charge in [0.05, 0.1) is 16.7 Å². The molecule has 2 rings (SSSR count). The Labute approximate surface area is 100.0 Å². The maximum absolute atomic E-state index is 11.3. The molecule has 0 aromatic heterocycles. The zero-order chi connectivity index (χ0) is 13.7. The van der Waals surface area contributed by atoms with E-state index in [1.165, 1.54) is 0 Å². The van der Waals surface area contributed by atoms with Crippen LogP contribution >= 0.6 is 0 Å². The minimum Gasteiger partial charge on any atom is -0.478 e. The van der Waals surface area contributed by atoms with Crippen molar-refractivity contribution in [2.75, 3.05) is 0 Å². The van der Waals surface area contributed by atoms with Crippen molar-refractivity contribution < 1.29 is 32.5 Å². The molecule has 1 heterocycles. The van der Waals surface area contributed by atoms with Crippen LogP contribution in [-0.4, -0.2) is 35.9 Å². The molecule has 1 aliphatic heterocycles. The maximum Gasteiger partial charge on any atom is 0.337 e. The molecule has 9 heteroatoms. The van der Waals surface area contributed by atoms with E-state index in [1.807, 2.05) is 5.32 Å². The molecule has 0 saturated carbocycles. The molecule has 0 spiro atoms. The molecule has 0 aliphatic carbocycles. The lowest BCUT2D eigenvalue weighted by molar-refractivity contribution is 0.0691. The summed E-state index contributed by atoms with van der Waals surface area (Å²) in [5, 5.41) is 10.7. The van der Waals surface area contributed by atoms with Crippen molar-refractivity contribution in [3.05, 3.63) is 28.8 Å². The zero-order valence-electron chi connectivity index (χ0n) is 8.50. The number of imide groups is 1. The van der Waals surface area contributed by atoms with E-state index in [1.54, 1.807) is 0 Å². The first-order chi connectivity index (χ1) is 8.21. The first-order valence-electron chi connectivity index (χ1n) is 4.46. The average Bonchev–Trinajstić information content (AvgIpc) is 2.51. The normalized spacial score (nSPS) is 14.3. The van der Waals surface area contributed by atoms with Crippen LogP contribution in [-0.2, 0) is 10.1 Å². The molecule has 0 bridgehead atoms. The van der Waals surface area contributed by atoms with E-state index in [9.17, 15) is 22.8 Å². The van der Waals surface area contributed by atoms with Gasteiger partial charge in [0.2, 0.25) is 0 Å². The number of aromatic carboxylic acids is 1. The molecule has 18 heavy (non-hydrogen) atoms. The second kappa shape index (κ2) is 3.62. The standard InChI is InChI=1S/C9H5NO7S/c11-7-3-1-5(9(13)14)6(18(15,16)17)2-4(3)8(12)10-7/h1-2H,(H,13,14)(H,10,11,12)(H,15,16,17). The lowest BCUT2D eigenvalue weighted by atomic mass is 10.1. The average molecular weight is 271 g/mol. The maximum atomic E-state index is 11.3. The fourth-order valence-electron chi connectivity index (χ4n) is 1.57. The van der Waals surface area contributed by atoms with Crippen molar-refractivity contribution in [2.24, 2.45) is 0 Å². The molecule has 0 atom stereocenters. The van der Waals surface area contributed by atoms with E-state index in [2.05, 4.69) is 0 Å². The van der Waals surface area contributed by atoms with E-state index in [0.717, 1.165) is 6.07 Å². The van der Waals surface area contributed by atoms with Gasteiger partial charge in [-0.2, -0.15) is 8.42 Å². The van der Waals surface area contributed by atoms with Gasteiger partial charge in [0.25, 0.3) is 21.9 Å². The molecule has 8 nitrogen and oxygen atoms in total. The lowest BCUT2D eigenvalue weighted by Crippen LogP contribution is -2.19. The molecule has 1 aromatic rings. The van der Waals surface area contributed by atoms with Gasteiger partial charge in [0.15, 0.2) is 0 Å². The monoisotopic (exact) mass is 271 g/mol. The number of hydrogen-bond donors (Lipinski definition) is 3. The molecular weight excluding hydrogens is 266 g/mol. The highest BCUT2D eigenvalue weighted by molar-refractivity contribution is 7.86. The minimum absolute atomic E-state index is 0.246. The summed E-state index contributed by atoms with van der Waals surface area (Å²) in [4.78, 5) is 32.5. The first kappa shape index (κ1) is 12.2. The van der Waals surface area contributed by atoms with Crippen LogP contribution in [0.1, 0.15) is 31.1 Å². The second-order valence-corrected chi connectivity index (χ2v) is 4.85. The number of carbonyl (C=O) groups is 3. The highest BCUT2D eigenvalue weighted by Crippen LogP contribution is 2.24. The Hall–Kier alpha value is -2.26. The van der Waals surface area contributed by atoms with E-state index >= 15 is 0 Å². The van der Waals surface area contributed by atoms with E-state index < -0.39 is 38.4 Å². The highest BCUT2D eigenvalue weighted by Gasteiger charge is 2.32. The molecule has 1 aliphatic rings. The third kappa shape index (κ3) is 1.75. The van der Waals surface area contributed by atoms with Crippen LogP contribution in [0.4, 0.5) is 0 Å². The van der Waals surface area contributed by atoms with Gasteiger partial charge >= 0.3 is 5.97 Å². The number of carbonyl (C=O) groups excluding carboxylic acids is 2. The highest BCUT2D eigenvalue weighted by atomic mass is 32.2. The van der Waals surface area contributed by atoms with Crippen molar-refractivity contribution in [2.45, 2.75) is 4.90 Å². The molecule has 0 radical (unpaired) electrons. The smallest absolute Gasteiger partial charge is 0.337 e. The van der Waals surface area contributed by atoms with Gasteiger partial charge in [-0.1, -0.05) is 0 Å². The number of carboxylic acids is 1. The Bertz CT molecular complexity index is 704. The summed E-state index contributed by atoms with van der Waals surface area (Å²) in [5.74, 6) is -3.31. The Morgan fingerprint density at radius 1 is 1.11 bits per heavy atom. The summed E-state index contributed by atoms with van der Waals surface area (Å²) in [6.45, 7) is 0. The molecule has 0 unspecified atom stereocenters. The third-order valence-corrected chi connectivity index (χ3v) is 3.24. The van der Waals surface area contributed by atoms with Gasteiger partial charge in [-0.05, 0) is 12.1 Å². The Kier molecular flexibility index (Phi) is 2.45. The van der Waals surface area contributed by atoms with Crippen LogP contribution in [0, 0.1) is 0 Å². The van der Waals surface area contributed by atoms with Crippen molar-refractivity contribution in [3.8, 4) is 0 Å². The van der Waals surface area contributed by atoms with Crippen LogP contribution in [0.25, 0.3) is 0 Å². The van der Waals surface area contributed by atoms with Gasteiger partial charge in [-0.15, -0.1) is 0 Å². The third-order valence-electron chi connectivity index (χ3n) is 2.34. The van der Waals surface area contributed by atoms with E-state index in [-0.39, 0.29) is 11.1 Å². The number of carboxylic acid groups (broad SMARTS) is 1. The van der Waals surface area contributed by atoms with Gasteiger partial charge < -0.3 is 5.11 Å². The second-order valence-electron chi connectivity index (χ2n) is 3.46. The minimum atomic E-state index is -4.81. The molecule has 0 saturated heterocycles. The number of nitrogens with one attached hydrogen (secondary N) is 1. The van der Waals surface area contributed by atoms with E-state index in [4.69, 9.17) is 9.66 Å². The molecular formula is C9H5NO7S.